The predicted molar refractivity (Wildman–Crippen MR) is 55.3 cm³/mol. The second-order valence-corrected chi connectivity index (χ2v) is 3.79. The van der Waals surface area contributed by atoms with Gasteiger partial charge in [-0.2, -0.15) is 13.2 Å². The van der Waals surface area contributed by atoms with Gasteiger partial charge in [-0.05, 0) is 17.0 Å². The van der Waals surface area contributed by atoms with Crippen molar-refractivity contribution in [3.05, 3.63) is 35.4 Å². The van der Waals surface area contributed by atoms with Crippen molar-refractivity contribution < 1.29 is 18.0 Å². The molecule has 1 aromatic rings. The third kappa shape index (κ3) is 3.68. The molecular formula is C12H13F3O. The summed E-state index contributed by atoms with van der Waals surface area (Å²) < 4.78 is 36.9. The number of benzene rings is 1. The van der Waals surface area contributed by atoms with E-state index in [9.17, 15) is 18.0 Å². The molecule has 1 unspecified atom stereocenters. The van der Waals surface area contributed by atoms with E-state index in [4.69, 9.17) is 0 Å². The van der Waals surface area contributed by atoms with Crippen molar-refractivity contribution in [2.45, 2.75) is 31.9 Å². The van der Waals surface area contributed by atoms with Crippen LogP contribution >= 0.6 is 0 Å². The van der Waals surface area contributed by atoms with Crippen LogP contribution in [-0.4, -0.2) is 12.5 Å². The highest BCUT2D eigenvalue weighted by atomic mass is 19.4. The number of hydrogen-bond acceptors (Lipinski definition) is 1. The van der Waals surface area contributed by atoms with Gasteiger partial charge in [-0.25, -0.2) is 0 Å². The van der Waals surface area contributed by atoms with Crippen LogP contribution in [0.25, 0.3) is 0 Å². The molecule has 1 rings (SSSR count). The molecule has 4 heteroatoms. The molecule has 0 aliphatic carbocycles. The van der Waals surface area contributed by atoms with Crippen molar-refractivity contribution in [1.82, 2.24) is 0 Å². The van der Waals surface area contributed by atoms with Crippen LogP contribution < -0.4 is 0 Å². The van der Waals surface area contributed by atoms with E-state index in [-0.39, 0.29) is 17.9 Å². The third-order valence-corrected chi connectivity index (χ3v) is 2.43. The maximum absolute atomic E-state index is 12.3. The minimum atomic E-state index is -4.21. The van der Waals surface area contributed by atoms with E-state index in [1.54, 1.807) is 25.1 Å². The Hall–Kier alpha value is -1.32. The summed E-state index contributed by atoms with van der Waals surface area (Å²) in [7, 11) is 0. The fraction of sp³-hybridized carbons (Fsp3) is 0.417. The Bertz CT molecular complexity index is 358. The Balaban J connectivity index is 2.95. The van der Waals surface area contributed by atoms with E-state index in [0.717, 1.165) is 6.29 Å². The molecule has 0 spiro atoms. The summed E-state index contributed by atoms with van der Waals surface area (Å²) >= 11 is 0. The number of carbonyl (C=O) groups is 1. The van der Waals surface area contributed by atoms with Crippen molar-refractivity contribution in [2.24, 2.45) is 0 Å². The van der Waals surface area contributed by atoms with Crippen molar-refractivity contribution in [2.75, 3.05) is 0 Å². The number of aldehydes is 1. The van der Waals surface area contributed by atoms with E-state index >= 15 is 0 Å². The first-order chi connectivity index (χ1) is 7.44. The SMILES string of the molecule is CC(CC=O)c1ccccc1CC(F)(F)F. The summed E-state index contributed by atoms with van der Waals surface area (Å²) in [5, 5.41) is 0. The molecule has 0 aliphatic heterocycles. The molecule has 1 nitrogen and oxygen atoms in total. The predicted octanol–water partition coefficient (Wildman–Crippen LogP) is 3.48. The molecule has 1 aromatic carbocycles. The summed E-state index contributed by atoms with van der Waals surface area (Å²) in [6.45, 7) is 1.75. The van der Waals surface area contributed by atoms with Gasteiger partial charge < -0.3 is 4.79 Å². The normalized spacial score (nSPS) is 13.5. The number of alkyl halides is 3. The van der Waals surface area contributed by atoms with Crippen molar-refractivity contribution in [3.8, 4) is 0 Å². The second kappa shape index (κ2) is 5.14. The Labute approximate surface area is 92.3 Å². The zero-order chi connectivity index (χ0) is 12.2. The molecule has 0 amide bonds. The number of halogens is 3. The standard InChI is InChI=1S/C12H13F3O/c1-9(6-7-16)11-5-3-2-4-10(11)8-12(13,14)15/h2-5,7,9H,6,8H2,1H3. The zero-order valence-corrected chi connectivity index (χ0v) is 8.92. The van der Waals surface area contributed by atoms with Gasteiger partial charge in [0.15, 0.2) is 0 Å². The molecular weight excluding hydrogens is 217 g/mol. The van der Waals surface area contributed by atoms with E-state index in [0.29, 0.717) is 5.56 Å². The topological polar surface area (TPSA) is 17.1 Å². The molecule has 0 N–H and O–H groups in total. The lowest BCUT2D eigenvalue weighted by Gasteiger charge is -2.15. The number of carbonyl (C=O) groups excluding carboxylic acids is 1. The van der Waals surface area contributed by atoms with Crippen molar-refractivity contribution in [3.63, 3.8) is 0 Å². The largest absolute Gasteiger partial charge is 0.393 e. The molecule has 0 bridgehead atoms. The van der Waals surface area contributed by atoms with Crippen LogP contribution in [0.1, 0.15) is 30.4 Å². The molecule has 0 saturated carbocycles. The van der Waals surface area contributed by atoms with Crippen LogP contribution in [0.5, 0.6) is 0 Å². The summed E-state index contributed by atoms with van der Waals surface area (Å²) in [6.07, 6.45) is -4.17. The maximum Gasteiger partial charge on any atom is 0.393 e. The molecule has 16 heavy (non-hydrogen) atoms. The van der Waals surface area contributed by atoms with Gasteiger partial charge in [0.2, 0.25) is 0 Å². The summed E-state index contributed by atoms with van der Waals surface area (Å²) in [4.78, 5) is 10.4. The fourth-order valence-corrected chi connectivity index (χ4v) is 1.66. The quantitative estimate of drug-likeness (QED) is 0.724. The summed E-state index contributed by atoms with van der Waals surface area (Å²) in [5.74, 6) is -0.170. The maximum atomic E-state index is 12.3. The van der Waals surface area contributed by atoms with Gasteiger partial charge in [0.05, 0.1) is 6.42 Å². The van der Waals surface area contributed by atoms with Crippen molar-refractivity contribution >= 4 is 6.29 Å². The highest BCUT2D eigenvalue weighted by Gasteiger charge is 2.29. The molecule has 0 aliphatic rings. The molecule has 0 fully saturated rings. The summed E-state index contributed by atoms with van der Waals surface area (Å²) in [5.41, 5.74) is 0.858. The van der Waals surface area contributed by atoms with Crippen LogP contribution in [0.4, 0.5) is 13.2 Å². The lowest BCUT2D eigenvalue weighted by Crippen LogP contribution is -2.14. The van der Waals surface area contributed by atoms with Gasteiger partial charge in [0.1, 0.15) is 6.29 Å². The average Bonchev–Trinajstić information content (AvgIpc) is 2.16. The van der Waals surface area contributed by atoms with Crippen LogP contribution in [0.3, 0.4) is 0 Å². The summed E-state index contributed by atoms with van der Waals surface area (Å²) in [6, 6.07) is 6.38. The van der Waals surface area contributed by atoms with Crippen LogP contribution in [0.15, 0.2) is 24.3 Å². The number of rotatable bonds is 4. The Morgan fingerprint density at radius 3 is 2.50 bits per heavy atom. The Morgan fingerprint density at radius 1 is 1.31 bits per heavy atom. The smallest absolute Gasteiger partial charge is 0.303 e. The first-order valence-electron chi connectivity index (χ1n) is 5.02. The minimum absolute atomic E-state index is 0.170. The highest BCUT2D eigenvalue weighted by molar-refractivity contribution is 5.52. The molecule has 0 radical (unpaired) electrons. The van der Waals surface area contributed by atoms with Crippen LogP contribution in [-0.2, 0) is 11.2 Å². The zero-order valence-electron chi connectivity index (χ0n) is 8.92. The third-order valence-electron chi connectivity index (χ3n) is 2.43. The molecule has 1 atom stereocenters. The fourth-order valence-electron chi connectivity index (χ4n) is 1.66. The van der Waals surface area contributed by atoms with Crippen LogP contribution in [0, 0.1) is 0 Å². The van der Waals surface area contributed by atoms with E-state index in [1.165, 1.54) is 6.07 Å². The van der Waals surface area contributed by atoms with E-state index < -0.39 is 12.6 Å². The lowest BCUT2D eigenvalue weighted by atomic mass is 9.92. The lowest BCUT2D eigenvalue weighted by molar-refractivity contribution is -0.127. The van der Waals surface area contributed by atoms with Crippen molar-refractivity contribution in [1.29, 1.82) is 0 Å². The second-order valence-electron chi connectivity index (χ2n) is 3.79. The van der Waals surface area contributed by atoms with Gasteiger partial charge in [-0.1, -0.05) is 31.2 Å². The average molecular weight is 230 g/mol. The van der Waals surface area contributed by atoms with Gasteiger partial charge in [0.25, 0.3) is 0 Å². The van der Waals surface area contributed by atoms with E-state index in [1.807, 2.05) is 0 Å². The first kappa shape index (κ1) is 12.7. The molecule has 0 saturated heterocycles. The van der Waals surface area contributed by atoms with Gasteiger partial charge >= 0.3 is 6.18 Å². The van der Waals surface area contributed by atoms with Crippen LogP contribution in [0.2, 0.25) is 0 Å². The molecule has 0 aromatic heterocycles. The molecule has 88 valence electrons. The van der Waals surface area contributed by atoms with Gasteiger partial charge in [0, 0.05) is 6.42 Å². The Morgan fingerprint density at radius 2 is 1.94 bits per heavy atom. The van der Waals surface area contributed by atoms with Gasteiger partial charge in [-0.3, -0.25) is 0 Å². The molecule has 0 heterocycles. The first-order valence-corrected chi connectivity index (χ1v) is 5.02. The monoisotopic (exact) mass is 230 g/mol. The number of hydrogen-bond donors (Lipinski definition) is 0. The van der Waals surface area contributed by atoms with E-state index in [2.05, 4.69) is 0 Å². The minimum Gasteiger partial charge on any atom is -0.303 e. The highest BCUT2D eigenvalue weighted by Crippen LogP contribution is 2.28. The Kier molecular flexibility index (Phi) is 4.10. The van der Waals surface area contributed by atoms with Gasteiger partial charge in [-0.15, -0.1) is 0 Å².